The fraction of sp³-hybridized carbons (Fsp3) is 0.429. The Morgan fingerprint density at radius 3 is 2.95 bits per heavy atom. The van der Waals surface area contributed by atoms with Crippen LogP contribution in [0.15, 0.2) is 24.5 Å². The molecule has 102 valence electrons. The van der Waals surface area contributed by atoms with Crippen molar-refractivity contribution in [2.45, 2.75) is 26.9 Å². The lowest BCUT2D eigenvalue weighted by Gasteiger charge is -2.09. The lowest BCUT2D eigenvalue weighted by molar-refractivity contribution is 0.407. The third kappa shape index (κ3) is 3.54. The first-order chi connectivity index (χ1) is 9.22. The molecule has 0 aliphatic heterocycles. The monoisotopic (exact) mass is 260 g/mol. The summed E-state index contributed by atoms with van der Waals surface area (Å²) in [6.07, 6.45) is 1.76. The number of rotatable bonds is 6. The number of hydrogen-bond donors (Lipinski definition) is 1. The second-order valence-corrected chi connectivity index (χ2v) is 4.45. The van der Waals surface area contributed by atoms with E-state index in [1.807, 2.05) is 16.8 Å². The summed E-state index contributed by atoms with van der Waals surface area (Å²) in [4.78, 5) is 4.28. The topological polar surface area (TPSA) is 52.0 Å². The summed E-state index contributed by atoms with van der Waals surface area (Å²) in [5.41, 5.74) is 2.33. The maximum absolute atomic E-state index is 5.37. The SMILES string of the molecule is CCNCc1ncn(Cc2cc(C)ccc2OC)n1. The predicted octanol–water partition coefficient (Wildman–Crippen LogP) is 1.75. The van der Waals surface area contributed by atoms with Gasteiger partial charge < -0.3 is 10.1 Å². The predicted molar refractivity (Wildman–Crippen MR) is 74.2 cm³/mol. The van der Waals surface area contributed by atoms with E-state index < -0.39 is 0 Å². The number of aromatic nitrogens is 3. The molecule has 19 heavy (non-hydrogen) atoms. The normalized spacial score (nSPS) is 10.7. The highest BCUT2D eigenvalue weighted by Gasteiger charge is 2.06. The van der Waals surface area contributed by atoms with Crippen LogP contribution < -0.4 is 10.1 Å². The quantitative estimate of drug-likeness (QED) is 0.859. The van der Waals surface area contributed by atoms with Crippen molar-refractivity contribution in [1.29, 1.82) is 0 Å². The minimum Gasteiger partial charge on any atom is -0.496 e. The number of ether oxygens (including phenoxy) is 1. The Hall–Kier alpha value is -1.88. The Balaban J connectivity index is 2.12. The van der Waals surface area contributed by atoms with Crippen LogP contribution in [0, 0.1) is 6.92 Å². The molecule has 5 nitrogen and oxygen atoms in total. The van der Waals surface area contributed by atoms with Gasteiger partial charge in [0, 0.05) is 5.56 Å². The van der Waals surface area contributed by atoms with E-state index in [0.29, 0.717) is 13.1 Å². The first-order valence-electron chi connectivity index (χ1n) is 6.45. The van der Waals surface area contributed by atoms with Crippen LogP contribution in [0.25, 0.3) is 0 Å². The van der Waals surface area contributed by atoms with Gasteiger partial charge in [0.25, 0.3) is 0 Å². The van der Waals surface area contributed by atoms with Crippen LogP contribution in [-0.2, 0) is 13.1 Å². The summed E-state index contributed by atoms with van der Waals surface area (Å²) in [7, 11) is 1.69. The van der Waals surface area contributed by atoms with E-state index in [1.54, 1.807) is 13.4 Å². The summed E-state index contributed by atoms with van der Waals surface area (Å²) >= 11 is 0. The van der Waals surface area contributed by atoms with Crippen molar-refractivity contribution in [3.05, 3.63) is 41.5 Å². The average molecular weight is 260 g/mol. The van der Waals surface area contributed by atoms with Crippen molar-refractivity contribution in [2.75, 3.05) is 13.7 Å². The van der Waals surface area contributed by atoms with Crippen molar-refractivity contribution in [1.82, 2.24) is 20.1 Å². The van der Waals surface area contributed by atoms with Gasteiger partial charge in [-0.05, 0) is 19.5 Å². The zero-order chi connectivity index (χ0) is 13.7. The van der Waals surface area contributed by atoms with Crippen LogP contribution in [0.2, 0.25) is 0 Å². The minimum atomic E-state index is 0.671. The van der Waals surface area contributed by atoms with Crippen molar-refractivity contribution in [3.63, 3.8) is 0 Å². The number of methoxy groups -OCH3 is 1. The Bertz CT molecular complexity index is 536. The van der Waals surface area contributed by atoms with Crippen molar-refractivity contribution >= 4 is 0 Å². The number of hydrogen-bond acceptors (Lipinski definition) is 4. The van der Waals surface area contributed by atoms with Gasteiger partial charge in [-0.1, -0.05) is 24.6 Å². The number of nitrogens with zero attached hydrogens (tertiary/aromatic N) is 3. The number of aryl methyl sites for hydroxylation is 1. The highest BCUT2D eigenvalue weighted by atomic mass is 16.5. The molecule has 0 bridgehead atoms. The van der Waals surface area contributed by atoms with Crippen LogP contribution >= 0.6 is 0 Å². The second-order valence-electron chi connectivity index (χ2n) is 4.45. The zero-order valence-electron chi connectivity index (χ0n) is 11.7. The largest absolute Gasteiger partial charge is 0.496 e. The van der Waals surface area contributed by atoms with E-state index in [1.165, 1.54) is 5.56 Å². The van der Waals surface area contributed by atoms with E-state index >= 15 is 0 Å². The molecule has 1 aromatic carbocycles. The third-order valence-electron chi connectivity index (χ3n) is 2.89. The highest BCUT2D eigenvalue weighted by Crippen LogP contribution is 2.20. The molecule has 0 unspecified atom stereocenters. The minimum absolute atomic E-state index is 0.671. The van der Waals surface area contributed by atoms with Crippen LogP contribution in [0.4, 0.5) is 0 Å². The van der Waals surface area contributed by atoms with Crippen LogP contribution in [0.3, 0.4) is 0 Å². The molecule has 0 aliphatic carbocycles. The Morgan fingerprint density at radius 1 is 1.37 bits per heavy atom. The molecule has 0 saturated carbocycles. The molecule has 1 heterocycles. The van der Waals surface area contributed by atoms with Crippen molar-refractivity contribution in [3.8, 4) is 5.75 Å². The Morgan fingerprint density at radius 2 is 2.21 bits per heavy atom. The van der Waals surface area contributed by atoms with Gasteiger partial charge in [0.15, 0.2) is 5.82 Å². The van der Waals surface area contributed by atoms with Crippen molar-refractivity contribution in [2.24, 2.45) is 0 Å². The lowest BCUT2D eigenvalue weighted by atomic mass is 10.1. The molecule has 0 radical (unpaired) electrons. The smallest absolute Gasteiger partial charge is 0.164 e. The molecule has 2 rings (SSSR count). The van der Waals surface area contributed by atoms with Crippen LogP contribution in [0.5, 0.6) is 5.75 Å². The molecule has 0 atom stereocenters. The van der Waals surface area contributed by atoms with E-state index in [0.717, 1.165) is 23.7 Å². The molecule has 0 fully saturated rings. The van der Waals surface area contributed by atoms with Gasteiger partial charge in [-0.25, -0.2) is 9.67 Å². The van der Waals surface area contributed by atoms with Gasteiger partial charge >= 0.3 is 0 Å². The van der Waals surface area contributed by atoms with Gasteiger partial charge in [-0.2, -0.15) is 5.10 Å². The fourth-order valence-electron chi connectivity index (χ4n) is 1.93. The van der Waals surface area contributed by atoms with Gasteiger partial charge in [-0.3, -0.25) is 0 Å². The molecule has 1 aromatic heterocycles. The van der Waals surface area contributed by atoms with Gasteiger partial charge in [0.1, 0.15) is 12.1 Å². The van der Waals surface area contributed by atoms with E-state index in [2.05, 4.69) is 35.3 Å². The Labute approximate surface area is 113 Å². The highest BCUT2D eigenvalue weighted by molar-refractivity contribution is 5.36. The molecule has 5 heteroatoms. The summed E-state index contributed by atoms with van der Waals surface area (Å²) in [5, 5.41) is 7.65. The molecule has 0 amide bonds. The number of benzene rings is 1. The standard InChI is InChI=1S/C14H20N4O/c1-4-15-8-14-16-10-18(17-14)9-12-7-11(2)5-6-13(12)19-3/h5-7,10,15H,4,8-9H2,1-3H3. The average Bonchev–Trinajstić information content (AvgIpc) is 2.84. The lowest BCUT2D eigenvalue weighted by Crippen LogP contribution is -2.13. The second kappa shape index (κ2) is 6.33. The van der Waals surface area contributed by atoms with Crippen molar-refractivity contribution < 1.29 is 4.74 Å². The molecular weight excluding hydrogens is 240 g/mol. The van der Waals surface area contributed by atoms with E-state index in [9.17, 15) is 0 Å². The summed E-state index contributed by atoms with van der Waals surface area (Å²) in [6, 6.07) is 6.14. The zero-order valence-corrected chi connectivity index (χ0v) is 11.7. The molecule has 0 spiro atoms. The van der Waals surface area contributed by atoms with Crippen LogP contribution in [-0.4, -0.2) is 28.4 Å². The fourth-order valence-corrected chi connectivity index (χ4v) is 1.93. The first kappa shape index (κ1) is 13.5. The van der Waals surface area contributed by atoms with Gasteiger partial charge in [-0.15, -0.1) is 0 Å². The maximum atomic E-state index is 5.37. The molecule has 0 saturated heterocycles. The molecule has 1 N–H and O–H groups in total. The molecule has 0 aliphatic rings. The summed E-state index contributed by atoms with van der Waals surface area (Å²) in [6.45, 7) is 6.42. The molecule has 2 aromatic rings. The Kier molecular flexibility index (Phi) is 4.52. The van der Waals surface area contributed by atoms with E-state index in [4.69, 9.17) is 4.74 Å². The first-order valence-corrected chi connectivity index (χ1v) is 6.45. The third-order valence-corrected chi connectivity index (χ3v) is 2.89. The maximum Gasteiger partial charge on any atom is 0.164 e. The molecular formula is C14H20N4O. The van der Waals surface area contributed by atoms with Crippen LogP contribution in [0.1, 0.15) is 23.9 Å². The summed E-state index contributed by atoms with van der Waals surface area (Å²) < 4.78 is 7.21. The van der Waals surface area contributed by atoms with Gasteiger partial charge in [0.2, 0.25) is 0 Å². The van der Waals surface area contributed by atoms with E-state index in [-0.39, 0.29) is 0 Å². The summed E-state index contributed by atoms with van der Waals surface area (Å²) in [5.74, 6) is 1.70. The van der Waals surface area contributed by atoms with Gasteiger partial charge in [0.05, 0.1) is 20.2 Å². The number of nitrogens with one attached hydrogen (secondary N) is 1.